The van der Waals surface area contributed by atoms with Crippen molar-refractivity contribution in [2.45, 2.75) is 32.0 Å². The molecule has 0 radical (unpaired) electrons. The monoisotopic (exact) mass is 249 g/mol. The number of likely N-dealkylation sites (N-methyl/N-ethyl adjacent to an activating group) is 2. The molecule has 0 spiro atoms. The van der Waals surface area contributed by atoms with Gasteiger partial charge >= 0.3 is 0 Å². The molecule has 1 N–H and O–H groups in total. The van der Waals surface area contributed by atoms with E-state index in [4.69, 9.17) is 4.74 Å². The lowest BCUT2D eigenvalue weighted by Crippen LogP contribution is -2.53. The van der Waals surface area contributed by atoms with Gasteiger partial charge in [0.1, 0.15) is 0 Å². The van der Waals surface area contributed by atoms with Crippen LogP contribution in [-0.4, -0.2) is 48.8 Å². The Bertz CT molecular complexity index is 342. The van der Waals surface area contributed by atoms with Crippen LogP contribution in [0.3, 0.4) is 0 Å². The first-order valence-electron chi connectivity index (χ1n) is 6.71. The largest absolute Gasteiger partial charge is 0.380 e. The smallest absolute Gasteiger partial charge is 0.0637 e. The van der Waals surface area contributed by atoms with E-state index in [9.17, 15) is 0 Å². The van der Waals surface area contributed by atoms with Crippen molar-refractivity contribution in [3.63, 3.8) is 0 Å². The van der Waals surface area contributed by atoms with Crippen LogP contribution in [0.1, 0.15) is 18.9 Å². The van der Waals surface area contributed by atoms with Crippen molar-refractivity contribution in [2.24, 2.45) is 0 Å². The molecule has 1 aromatic rings. The molecular weight excluding hydrogens is 226 g/mol. The molecule has 2 unspecified atom stereocenters. The molecule has 0 saturated carbocycles. The fourth-order valence-electron chi connectivity index (χ4n) is 2.55. The summed E-state index contributed by atoms with van der Waals surface area (Å²) in [5.41, 5.74) is 1.25. The Kier molecular flexibility index (Phi) is 5.11. The fourth-order valence-corrected chi connectivity index (χ4v) is 2.55. The lowest BCUT2D eigenvalue weighted by atomic mass is 10.0. The average molecular weight is 249 g/mol. The molecule has 0 aromatic carbocycles. The van der Waals surface area contributed by atoms with Crippen LogP contribution in [0.25, 0.3) is 0 Å². The van der Waals surface area contributed by atoms with Crippen LogP contribution >= 0.6 is 0 Å². The number of hydrogen-bond acceptors (Lipinski definition) is 4. The van der Waals surface area contributed by atoms with Crippen LogP contribution in [0, 0.1) is 0 Å². The van der Waals surface area contributed by atoms with Crippen LogP contribution in [0.4, 0.5) is 0 Å². The quantitative estimate of drug-likeness (QED) is 0.853. The van der Waals surface area contributed by atoms with Crippen LogP contribution in [0.5, 0.6) is 0 Å². The third-order valence-electron chi connectivity index (χ3n) is 3.51. The molecule has 2 atom stereocenters. The van der Waals surface area contributed by atoms with Crippen molar-refractivity contribution in [3.8, 4) is 0 Å². The van der Waals surface area contributed by atoms with Gasteiger partial charge in [0.25, 0.3) is 0 Å². The summed E-state index contributed by atoms with van der Waals surface area (Å²) in [4.78, 5) is 6.53. The summed E-state index contributed by atoms with van der Waals surface area (Å²) in [5, 5.41) is 3.56. The van der Waals surface area contributed by atoms with Crippen molar-refractivity contribution < 1.29 is 4.74 Å². The lowest BCUT2D eigenvalue weighted by Gasteiger charge is -2.38. The molecule has 18 heavy (non-hydrogen) atoms. The van der Waals surface area contributed by atoms with E-state index in [1.165, 1.54) is 5.56 Å². The fraction of sp³-hybridized carbons (Fsp3) is 0.643. The highest BCUT2D eigenvalue weighted by molar-refractivity contribution is 5.08. The Hall–Kier alpha value is -0.970. The van der Waals surface area contributed by atoms with Gasteiger partial charge in [-0.05, 0) is 31.6 Å². The first kappa shape index (κ1) is 13.5. The standard InChI is InChI=1S/C14H23N3O/c1-3-16-13-6-8-18-11-14(13)17(2)10-12-5-4-7-15-9-12/h4-5,7,9,13-14,16H,3,6,8,10-11H2,1-2H3. The van der Waals surface area contributed by atoms with Gasteiger partial charge in [0, 0.05) is 37.6 Å². The molecule has 100 valence electrons. The first-order chi connectivity index (χ1) is 8.81. The van der Waals surface area contributed by atoms with Crippen LogP contribution < -0.4 is 5.32 Å². The highest BCUT2D eigenvalue weighted by atomic mass is 16.5. The summed E-state index contributed by atoms with van der Waals surface area (Å²) in [7, 11) is 2.16. The maximum atomic E-state index is 5.62. The third kappa shape index (κ3) is 3.51. The second kappa shape index (κ2) is 6.83. The topological polar surface area (TPSA) is 37.4 Å². The van der Waals surface area contributed by atoms with E-state index in [2.05, 4.69) is 35.2 Å². The Labute approximate surface area is 109 Å². The maximum Gasteiger partial charge on any atom is 0.0637 e. The van der Waals surface area contributed by atoms with Gasteiger partial charge in [0.05, 0.1) is 6.61 Å². The minimum Gasteiger partial charge on any atom is -0.380 e. The Morgan fingerprint density at radius 1 is 1.56 bits per heavy atom. The molecule has 4 heteroatoms. The molecule has 0 bridgehead atoms. The highest BCUT2D eigenvalue weighted by Gasteiger charge is 2.28. The number of pyridine rings is 1. The number of nitrogens with one attached hydrogen (secondary N) is 1. The average Bonchev–Trinajstić information content (AvgIpc) is 2.41. The van der Waals surface area contributed by atoms with E-state index in [0.29, 0.717) is 12.1 Å². The van der Waals surface area contributed by atoms with Crippen molar-refractivity contribution in [3.05, 3.63) is 30.1 Å². The summed E-state index contributed by atoms with van der Waals surface area (Å²) in [6.07, 6.45) is 4.84. The predicted molar refractivity (Wildman–Crippen MR) is 72.4 cm³/mol. The molecule has 1 fully saturated rings. The highest BCUT2D eigenvalue weighted by Crippen LogP contribution is 2.15. The van der Waals surface area contributed by atoms with Gasteiger partial charge in [-0.2, -0.15) is 0 Å². The number of rotatable bonds is 5. The van der Waals surface area contributed by atoms with Gasteiger partial charge in [-0.1, -0.05) is 13.0 Å². The van der Waals surface area contributed by atoms with Gasteiger partial charge in [-0.15, -0.1) is 0 Å². The molecule has 2 rings (SSSR count). The van der Waals surface area contributed by atoms with E-state index < -0.39 is 0 Å². The van der Waals surface area contributed by atoms with Crippen LogP contribution in [-0.2, 0) is 11.3 Å². The summed E-state index contributed by atoms with van der Waals surface area (Å²) in [6.45, 7) is 5.78. The maximum absolute atomic E-state index is 5.62. The van der Waals surface area contributed by atoms with Crippen LogP contribution in [0.15, 0.2) is 24.5 Å². The summed E-state index contributed by atoms with van der Waals surface area (Å²) < 4.78 is 5.62. The molecular formula is C14H23N3O. The molecule has 1 saturated heterocycles. The Morgan fingerprint density at radius 3 is 3.17 bits per heavy atom. The van der Waals surface area contributed by atoms with Crippen molar-refractivity contribution >= 4 is 0 Å². The van der Waals surface area contributed by atoms with Gasteiger partial charge in [0.15, 0.2) is 0 Å². The molecule has 0 aliphatic carbocycles. The van der Waals surface area contributed by atoms with Crippen molar-refractivity contribution in [1.29, 1.82) is 0 Å². The van der Waals surface area contributed by atoms with E-state index >= 15 is 0 Å². The Morgan fingerprint density at radius 2 is 2.44 bits per heavy atom. The zero-order chi connectivity index (χ0) is 12.8. The molecule has 4 nitrogen and oxygen atoms in total. The number of nitrogens with zero attached hydrogens (tertiary/aromatic N) is 2. The number of ether oxygens (including phenoxy) is 1. The Balaban J connectivity index is 1.95. The molecule has 0 amide bonds. The van der Waals surface area contributed by atoms with E-state index in [0.717, 1.165) is 32.7 Å². The molecule has 2 heterocycles. The number of hydrogen-bond donors (Lipinski definition) is 1. The van der Waals surface area contributed by atoms with Gasteiger partial charge in [-0.3, -0.25) is 9.88 Å². The zero-order valence-corrected chi connectivity index (χ0v) is 11.3. The van der Waals surface area contributed by atoms with E-state index in [-0.39, 0.29) is 0 Å². The minimum absolute atomic E-state index is 0.443. The molecule has 1 aliphatic rings. The predicted octanol–water partition coefficient (Wildman–Crippen LogP) is 1.28. The molecule has 1 aromatic heterocycles. The SMILES string of the molecule is CCNC1CCOCC1N(C)Cc1cccnc1. The molecule has 1 aliphatic heterocycles. The summed E-state index contributed by atoms with van der Waals surface area (Å²) >= 11 is 0. The van der Waals surface area contributed by atoms with Crippen LogP contribution in [0.2, 0.25) is 0 Å². The normalized spacial score (nSPS) is 24.4. The van der Waals surface area contributed by atoms with Gasteiger partial charge < -0.3 is 10.1 Å². The van der Waals surface area contributed by atoms with E-state index in [1.54, 1.807) is 0 Å². The lowest BCUT2D eigenvalue weighted by molar-refractivity contribution is 0.00382. The van der Waals surface area contributed by atoms with Crippen molar-refractivity contribution in [1.82, 2.24) is 15.2 Å². The minimum atomic E-state index is 0.443. The van der Waals surface area contributed by atoms with Gasteiger partial charge in [0.2, 0.25) is 0 Å². The van der Waals surface area contributed by atoms with Gasteiger partial charge in [-0.25, -0.2) is 0 Å². The second-order valence-corrected chi connectivity index (χ2v) is 4.87. The third-order valence-corrected chi connectivity index (χ3v) is 3.51. The summed E-state index contributed by atoms with van der Waals surface area (Å²) in [5.74, 6) is 0. The second-order valence-electron chi connectivity index (χ2n) is 4.87. The number of aromatic nitrogens is 1. The first-order valence-corrected chi connectivity index (χ1v) is 6.71. The van der Waals surface area contributed by atoms with Crippen molar-refractivity contribution in [2.75, 3.05) is 26.8 Å². The van der Waals surface area contributed by atoms with E-state index in [1.807, 2.05) is 18.5 Å². The zero-order valence-electron chi connectivity index (χ0n) is 11.3. The summed E-state index contributed by atoms with van der Waals surface area (Å²) in [6, 6.07) is 5.09.